The number of nitrogens with zero attached hydrogens (tertiary/aromatic N) is 2. The first kappa shape index (κ1) is 19.3. The zero-order valence-electron chi connectivity index (χ0n) is 15.6. The van der Waals surface area contributed by atoms with E-state index in [-0.39, 0.29) is 11.5 Å². The maximum absolute atomic E-state index is 12.4. The number of hydrogen-bond acceptors (Lipinski definition) is 3. The van der Waals surface area contributed by atoms with Crippen molar-refractivity contribution in [1.29, 1.82) is 5.26 Å². The average molecular weight is 347 g/mol. The van der Waals surface area contributed by atoms with Gasteiger partial charge in [0.2, 0.25) is 0 Å². The molecule has 134 valence electrons. The Balaban J connectivity index is 2.26. The lowest BCUT2D eigenvalue weighted by molar-refractivity contribution is -0.118. The highest BCUT2D eigenvalue weighted by molar-refractivity contribution is 5.97. The molecule has 0 aliphatic rings. The van der Waals surface area contributed by atoms with Crippen molar-refractivity contribution < 1.29 is 4.79 Å². The number of nitrogens with one attached hydrogen (secondary N) is 1. The molecule has 1 N–H and O–H groups in total. The van der Waals surface area contributed by atoms with E-state index in [1.54, 1.807) is 6.20 Å². The summed E-state index contributed by atoms with van der Waals surface area (Å²) in [6.45, 7) is 6.91. The van der Waals surface area contributed by atoms with Crippen LogP contribution in [0.15, 0.2) is 72.4 Å². The second-order valence-electron chi connectivity index (χ2n) is 7.23. The van der Waals surface area contributed by atoms with Gasteiger partial charge in [-0.05, 0) is 31.9 Å². The molecule has 0 bridgehead atoms. The van der Waals surface area contributed by atoms with E-state index in [9.17, 15) is 10.1 Å². The summed E-state index contributed by atoms with van der Waals surface area (Å²) in [5.41, 5.74) is 1.95. The third-order valence-corrected chi connectivity index (χ3v) is 3.62. The molecular weight excluding hydrogens is 322 g/mol. The predicted octanol–water partition coefficient (Wildman–Crippen LogP) is 4.01. The van der Waals surface area contributed by atoms with Gasteiger partial charge in [0.05, 0.1) is 0 Å². The van der Waals surface area contributed by atoms with Crippen molar-refractivity contribution in [3.05, 3.63) is 83.6 Å². The summed E-state index contributed by atoms with van der Waals surface area (Å²) >= 11 is 0. The third-order valence-electron chi connectivity index (χ3n) is 3.62. The number of amides is 1. The molecule has 0 atom stereocenters. The van der Waals surface area contributed by atoms with Crippen molar-refractivity contribution in [1.82, 2.24) is 10.2 Å². The highest BCUT2D eigenvalue weighted by Crippen LogP contribution is 2.13. The van der Waals surface area contributed by atoms with E-state index in [0.717, 1.165) is 11.1 Å². The first-order valence-corrected chi connectivity index (χ1v) is 8.64. The maximum Gasteiger partial charge on any atom is 0.263 e. The molecule has 4 nitrogen and oxygen atoms in total. The quantitative estimate of drug-likeness (QED) is 0.634. The maximum atomic E-state index is 12.4. The summed E-state index contributed by atoms with van der Waals surface area (Å²) in [6.07, 6.45) is 1.65. The van der Waals surface area contributed by atoms with E-state index in [0.29, 0.717) is 13.1 Å². The molecule has 0 unspecified atom stereocenters. The number of rotatable bonds is 6. The molecule has 0 heterocycles. The first-order valence-electron chi connectivity index (χ1n) is 8.64. The molecule has 0 aliphatic heterocycles. The number of hydrogen-bond donors (Lipinski definition) is 1. The standard InChI is InChI=1S/C22H25N3O/c1-22(2,3)24-21(26)20(14-23)17-25(15-18-10-6-4-7-11-18)16-19-12-8-5-9-13-19/h4-13,17H,15-16H2,1-3H3,(H,24,26)/b20-17-. The molecule has 2 aromatic carbocycles. The Labute approximate surface area is 155 Å². The summed E-state index contributed by atoms with van der Waals surface area (Å²) in [6, 6.07) is 22.0. The second kappa shape index (κ2) is 8.87. The minimum Gasteiger partial charge on any atom is -0.367 e. The van der Waals surface area contributed by atoms with Gasteiger partial charge < -0.3 is 10.2 Å². The van der Waals surface area contributed by atoms with E-state index >= 15 is 0 Å². The van der Waals surface area contributed by atoms with Crippen molar-refractivity contribution in [3.8, 4) is 6.07 Å². The van der Waals surface area contributed by atoms with Gasteiger partial charge in [0, 0.05) is 24.8 Å². The van der Waals surface area contributed by atoms with E-state index in [4.69, 9.17) is 0 Å². The lowest BCUT2D eigenvalue weighted by Gasteiger charge is -2.23. The van der Waals surface area contributed by atoms with Crippen LogP contribution in [0.3, 0.4) is 0 Å². The number of benzene rings is 2. The molecular formula is C22H25N3O. The van der Waals surface area contributed by atoms with Crippen LogP contribution < -0.4 is 5.32 Å². The van der Waals surface area contributed by atoms with Crippen LogP contribution in [-0.4, -0.2) is 16.3 Å². The smallest absolute Gasteiger partial charge is 0.263 e. The minimum absolute atomic E-state index is 0.104. The van der Waals surface area contributed by atoms with E-state index < -0.39 is 5.54 Å². The van der Waals surface area contributed by atoms with Gasteiger partial charge in [-0.25, -0.2) is 0 Å². The third kappa shape index (κ3) is 6.45. The topological polar surface area (TPSA) is 56.1 Å². The van der Waals surface area contributed by atoms with Gasteiger partial charge in [0.1, 0.15) is 11.6 Å². The van der Waals surface area contributed by atoms with Gasteiger partial charge in [-0.1, -0.05) is 60.7 Å². The summed E-state index contributed by atoms with van der Waals surface area (Å²) in [7, 11) is 0. The fourth-order valence-electron chi connectivity index (χ4n) is 2.51. The van der Waals surface area contributed by atoms with E-state index in [1.165, 1.54) is 0 Å². The molecule has 0 fully saturated rings. The zero-order valence-corrected chi connectivity index (χ0v) is 15.6. The van der Waals surface area contributed by atoms with Crippen LogP contribution in [0, 0.1) is 11.3 Å². The van der Waals surface area contributed by atoms with Gasteiger partial charge in [0.15, 0.2) is 0 Å². The lowest BCUT2D eigenvalue weighted by Crippen LogP contribution is -2.41. The molecule has 0 spiro atoms. The molecule has 4 heteroatoms. The highest BCUT2D eigenvalue weighted by Gasteiger charge is 2.18. The van der Waals surface area contributed by atoms with Gasteiger partial charge in [0.25, 0.3) is 5.91 Å². The van der Waals surface area contributed by atoms with E-state index in [2.05, 4.69) is 5.32 Å². The van der Waals surface area contributed by atoms with Crippen LogP contribution in [0.1, 0.15) is 31.9 Å². The Morgan fingerprint density at radius 1 is 1.00 bits per heavy atom. The molecule has 1 amide bonds. The number of carbonyl (C=O) groups excluding carboxylic acids is 1. The molecule has 0 aromatic heterocycles. The Bertz CT molecular complexity index is 742. The Kier molecular flexibility index (Phi) is 6.57. The Morgan fingerprint density at radius 3 is 1.85 bits per heavy atom. The normalized spacial score (nSPS) is 11.5. The Hall–Kier alpha value is -3.06. The second-order valence-corrected chi connectivity index (χ2v) is 7.23. The molecule has 0 radical (unpaired) electrons. The van der Waals surface area contributed by atoms with Crippen molar-refractivity contribution in [3.63, 3.8) is 0 Å². The molecule has 0 saturated carbocycles. The van der Waals surface area contributed by atoms with Crippen LogP contribution in [0.4, 0.5) is 0 Å². The fraction of sp³-hybridized carbons (Fsp3) is 0.273. The molecule has 2 rings (SSSR count). The summed E-state index contributed by atoms with van der Waals surface area (Å²) in [5, 5.41) is 12.3. The zero-order chi connectivity index (χ0) is 19.0. The monoisotopic (exact) mass is 347 g/mol. The Morgan fingerprint density at radius 2 is 1.46 bits per heavy atom. The van der Waals surface area contributed by atoms with Crippen LogP contribution in [0.2, 0.25) is 0 Å². The van der Waals surface area contributed by atoms with E-state index in [1.807, 2.05) is 92.4 Å². The molecule has 0 saturated heterocycles. The summed E-state index contributed by atoms with van der Waals surface area (Å²) in [5.74, 6) is -0.355. The van der Waals surface area contributed by atoms with Crippen LogP contribution >= 0.6 is 0 Å². The molecule has 0 aliphatic carbocycles. The first-order chi connectivity index (χ1) is 12.4. The van der Waals surface area contributed by atoms with Crippen LogP contribution in [0.25, 0.3) is 0 Å². The van der Waals surface area contributed by atoms with Gasteiger partial charge in [-0.3, -0.25) is 4.79 Å². The van der Waals surface area contributed by atoms with Gasteiger partial charge >= 0.3 is 0 Å². The molecule has 26 heavy (non-hydrogen) atoms. The number of nitriles is 1. The number of carbonyl (C=O) groups is 1. The summed E-state index contributed by atoms with van der Waals surface area (Å²) < 4.78 is 0. The largest absolute Gasteiger partial charge is 0.367 e. The van der Waals surface area contributed by atoms with Crippen molar-refractivity contribution in [2.45, 2.75) is 39.4 Å². The van der Waals surface area contributed by atoms with Crippen LogP contribution in [0.5, 0.6) is 0 Å². The van der Waals surface area contributed by atoms with Crippen LogP contribution in [-0.2, 0) is 17.9 Å². The lowest BCUT2D eigenvalue weighted by atomic mass is 10.1. The minimum atomic E-state index is -0.392. The predicted molar refractivity (Wildman–Crippen MR) is 104 cm³/mol. The fourth-order valence-corrected chi connectivity index (χ4v) is 2.51. The van der Waals surface area contributed by atoms with Gasteiger partial charge in [-0.15, -0.1) is 0 Å². The SMILES string of the molecule is CC(C)(C)NC(=O)/C(C#N)=C\N(Cc1ccccc1)Cc1ccccc1. The van der Waals surface area contributed by atoms with Crippen molar-refractivity contribution in [2.24, 2.45) is 0 Å². The van der Waals surface area contributed by atoms with Crippen molar-refractivity contribution in [2.75, 3.05) is 0 Å². The van der Waals surface area contributed by atoms with Gasteiger partial charge in [-0.2, -0.15) is 5.26 Å². The average Bonchev–Trinajstić information content (AvgIpc) is 2.59. The highest BCUT2D eigenvalue weighted by atomic mass is 16.1. The van der Waals surface area contributed by atoms with Crippen molar-refractivity contribution >= 4 is 5.91 Å². The summed E-state index contributed by atoms with van der Waals surface area (Å²) in [4.78, 5) is 14.4. The molecule has 2 aromatic rings.